The molecule has 5 nitrogen and oxygen atoms in total. The topological polar surface area (TPSA) is 62.3 Å². The fraction of sp³-hybridized carbons (Fsp3) is 0.588. The summed E-state index contributed by atoms with van der Waals surface area (Å²) in [5.41, 5.74) is 2.34. The minimum Gasteiger partial charge on any atom is -0.370 e. The summed E-state index contributed by atoms with van der Waals surface area (Å²) in [6.07, 6.45) is 4.75. The van der Waals surface area contributed by atoms with Crippen molar-refractivity contribution >= 4 is 17.5 Å². The standard InChI is InChI=1S/C17H23N3O2/c1-12(21)11-20-10-8-14(17(20)22)5-7-15-6-4-13-3-2-9-18-16(13)19-15/h4,6,14H,2-3,5,7-11H2,1H3,(H,18,19)/t14-/m1/s1. The smallest absolute Gasteiger partial charge is 0.226 e. The molecular weight excluding hydrogens is 278 g/mol. The number of likely N-dealkylation sites (tertiary alicyclic amines) is 1. The normalized spacial score (nSPS) is 20.7. The highest BCUT2D eigenvalue weighted by molar-refractivity contribution is 5.87. The van der Waals surface area contributed by atoms with E-state index in [2.05, 4.69) is 22.4 Å². The van der Waals surface area contributed by atoms with Gasteiger partial charge in [-0.25, -0.2) is 4.98 Å². The molecule has 1 atom stereocenters. The fourth-order valence-corrected chi connectivity index (χ4v) is 3.33. The number of fused-ring (bicyclic) bond motifs is 1. The summed E-state index contributed by atoms with van der Waals surface area (Å²) < 4.78 is 0. The van der Waals surface area contributed by atoms with Gasteiger partial charge in [-0.05, 0) is 50.7 Å². The van der Waals surface area contributed by atoms with Gasteiger partial charge < -0.3 is 10.2 Å². The first-order valence-electron chi connectivity index (χ1n) is 8.14. The molecule has 0 spiro atoms. The maximum Gasteiger partial charge on any atom is 0.226 e. The Morgan fingerprint density at radius 1 is 1.45 bits per heavy atom. The summed E-state index contributed by atoms with van der Waals surface area (Å²) in [6.45, 7) is 3.49. The number of carbonyl (C=O) groups is 2. The summed E-state index contributed by atoms with van der Waals surface area (Å²) in [5.74, 6) is 1.24. The molecule has 1 N–H and O–H groups in total. The molecule has 0 radical (unpaired) electrons. The van der Waals surface area contributed by atoms with Crippen molar-refractivity contribution in [2.24, 2.45) is 5.92 Å². The van der Waals surface area contributed by atoms with Gasteiger partial charge in [0.2, 0.25) is 5.91 Å². The second-order valence-corrected chi connectivity index (χ2v) is 6.33. The maximum absolute atomic E-state index is 12.2. The van der Waals surface area contributed by atoms with Crippen molar-refractivity contribution < 1.29 is 9.59 Å². The highest BCUT2D eigenvalue weighted by Gasteiger charge is 2.31. The van der Waals surface area contributed by atoms with Crippen LogP contribution in [-0.4, -0.2) is 41.2 Å². The number of amides is 1. The Labute approximate surface area is 131 Å². The number of nitrogens with zero attached hydrogens (tertiary/aromatic N) is 2. The van der Waals surface area contributed by atoms with Crippen LogP contribution in [0.4, 0.5) is 5.82 Å². The largest absolute Gasteiger partial charge is 0.370 e. The lowest BCUT2D eigenvalue weighted by molar-refractivity contribution is -0.134. The fourth-order valence-electron chi connectivity index (χ4n) is 3.33. The zero-order valence-corrected chi connectivity index (χ0v) is 13.1. The van der Waals surface area contributed by atoms with E-state index in [1.807, 2.05) is 0 Å². The average Bonchev–Trinajstić information content (AvgIpc) is 2.85. The Morgan fingerprint density at radius 2 is 2.32 bits per heavy atom. The number of Topliss-reactive ketones (excluding diaryl/α,β-unsaturated/α-hetero) is 1. The van der Waals surface area contributed by atoms with Gasteiger partial charge in [0.05, 0.1) is 6.54 Å². The molecule has 0 saturated carbocycles. The number of hydrogen-bond acceptors (Lipinski definition) is 4. The van der Waals surface area contributed by atoms with E-state index in [0.29, 0.717) is 6.54 Å². The van der Waals surface area contributed by atoms with Gasteiger partial charge in [-0.1, -0.05) is 6.07 Å². The zero-order chi connectivity index (χ0) is 15.5. The summed E-state index contributed by atoms with van der Waals surface area (Å²) in [5, 5.41) is 3.34. The Hall–Kier alpha value is -1.91. The van der Waals surface area contributed by atoms with E-state index in [0.717, 1.165) is 50.2 Å². The monoisotopic (exact) mass is 301 g/mol. The highest BCUT2D eigenvalue weighted by Crippen LogP contribution is 2.24. The SMILES string of the molecule is CC(=O)CN1CC[C@@H](CCc2ccc3c(n2)NCCC3)C1=O. The lowest BCUT2D eigenvalue weighted by Gasteiger charge is -2.18. The minimum atomic E-state index is 0.0464. The molecule has 2 aliphatic rings. The predicted octanol–water partition coefficient (Wildman–Crippen LogP) is 1.81. The van der Waals surface area contributed by atoms with Gasteiger partial charge >= 0.3 is 0 Å². The lowest BCUT2D eigenvalue weighted by Crippen LogP contribution is -2.31. The van der Waals surface area contributed by atoms with Crippen LogP contribution in [0.1, 0.15) is 37.4 Å². The van der Waals surface area contributed by atoms with Crippen LogP contribution in [0.2, 0.25) is 0 Å². The van der Waals surface area contributed by atoms with Gasteiger partial charge in [0, 0.05) is 24.7 Å². The number of carbonyl (C=O) groups excluding carboxylic acids is 2. The van der Waals surface area contributed by atoms with Gasteiger partial charge in [-0.15, -0.1) is 0 Å². The van der Waals surface area contributed by atoms with E-state index in [1.165, 1.54) is 12.5 Å². The molecule has 118 valence electrons. The van der Waals surface area contributed by atoms with Crippen molar-refractivity contribution in [3.05, 3.63) is 23.4 Å². The molecule has 1 fully saturated rings. The summed E-state index contributed by atoms with van der Waals surface area (Å²) in [4.78, 5) is 29.8. The lowest BCUT2D eigenvalue weighted by atomic mass is 9.99. The van der Waals surface area contributed by atoms with Crippen LogP contribution in [0.5, 0.6) is 0 Å². The number of pyridine rings is 1. The van der Waals surface area contributed by atoms with Crippen molar-refractivity contribution in [3.63, 3.8) is 0 Å². The Bertz CT molecular complexity index is 585. The van der Waals surface area contributed by atoms with Crippen molar-refractivity contribution in [2.75, 3.05) is 25.0 Å². The summed E-state index contributed by atoms with van der Waals surface area (Å²) >= 11 is 0. The van der Waals surface area contributed by atoms with E-state index in [-0.39, 0.29) is 24.2 Å². The molecule has 0 aliphatic carbocycles. The molecule has 5 heteroatoms. The second kappa shape index (κ2) is 6.46. The van der Waals surface area contributed by atoms with Crippen LogP contribution in [0, 0.1) is 5.92 Å². The summed E-state index contributed by atoms with van der Waals surface area (Å²) in [6, 6.07) is 4.24. The number of rotatable bonds is 5. The average molecular weight is 301 g/mol. The van der Waals surface area contributed by atoms with E-state index >= 15 is 0 Å². The van der Waals surface area contributed by atoms with E-state index < -0.39 is 0 Å². The van der Waals surface area contributed by atoms with Crippen molar-refractivity contribution in [1.82, 2.24) is 9.88 Å². The van der Waals surface area contributed by atoms with Gasteiger partial charge in [0.25, 0.3) is 0 Å². The molecule has 0 unspecified atom stereocenters. The molecule has 0 aromatic carbocycles. The summed E-state index contributed by atoms with van der Waals surface area (Å²) in [7, 11) is 0. The number of anilines is 1. The van der Waals surface area contributed by atoms with Crippen molar-refractivity contribution in [2.45, 2.75) is 39.0 Å². The number of hydrogen-bond donors (Lipinski definition) is 1. The van der Waals surface area contributed by atoms with Crippen molar-refractivity contribution in [1.29, 1.82) is 0 Å². The van der Waals surface area contributed by atoms with Crippen LogP contribution in [-0.2, 0) is 22.4 Å². The Morgan fingerprint density at radius 3 is 3.14 bits per heavy atom. The van der Waals surface area contributed by atoms with Gasteiger partial charge in [0.1, 0.15) is 11.6 Å². The highest BCUT2D eigenvalue weighted by atomic mass is 16.2. The molecule has 3 heterocycles. The number of ketones is 1. The Balaban J connectivity index is 1.57. The second-order valence-electron chi connectivity index (χ2n) is 6.33. The predicted molar refractivity (Wildman–Crippen MR) is 84.7 cm³/mol. The zero-order valence-electron chi connectivity index (χ0n) is 13.1. The number of nitrogens with one attached hydrogen (secondary N) is 1. The molecule has 22 heavy (non-hydrogen) atoms. The van der Waals surface area contributed by atoms with Crippen LogP contribution >= 0.6 is 0 Å². The number of aryl methyl sites for hydroxylation is 2. The van der Waals surface area contributed by atoms with Crippen LogP contribution < -0.4 is 5.32 Å². The number of aromatic nitrogens is 1. The molecule has 1 saturated heterocycles. The third-order valence-electron chi connectivity index (χ3n) is 4.52. The molecule has 1 amide bonds. The van der Waals surface area contributed by atoms with Gasteiger partial charge in [0.15, 0.2) is 0 Å². The maximum atomic E-state index is 12.2. The molecule has 1 aromatic rings. The third-order valence-corrected chi connectivity index (χ3v) is 4.52. The first-order valence-corrected chi connectivity index (χ1v) is 8.14. The Kier molecular flexibility index (Phi) is 4.41. The molecular formula is C17H23N3O2. The van der Waals surface area contributed by atoms with E-state index in [4.69, 9.17) is 0 Å². The quantitative estimate of drug-likeness (QED) is 0.901. The van der Waals surface area contributed by atoms with Crippen molar-refractivity contribution in [3.8, 4) is 0 Å². The van der Waals surface area contributed by atoms with Crippen LogP contribution in [0.25, 0.3) is 0 Å². The van der Waals surface area contributed by atoms with Crippen LogP contribution in [0.15, 0.2) is 12.1 Å². The molecule has 3 rings (SSSR count). The third kappa shape index (κ3) is 3.29. The van der Waals surface area contributed by atoms with E-state index in [1.54, 1.807) is 4.90 Å². The van der Waals surface area contributed by atoms with Gasteiger partial charge in [-0.3, -0.25) is 9.59 Å². The first-order chi connectivity index (χ1) is 10.6. The molecule has 1 aromatic heterocycles. The van der Waals surface area contributed by atoms with E-state index in [9.17, 15) is 9.59 Å². The van der Waals surface area contributed by atoms with Gasteiger partial charge in [-0.2, -0.15) is 0 Å². The molecule has 2 aliphatic heterocycles. The first kappa shape index (κ1) is 15.0. The minimum absolute atomic E-state index is 0.0464. The van der Waals surface area contributed by atoms with Crippen LogP contribution in [0.3, 0.4) is 0 Å². The molecule has 0 bridgehead atoms.